The van der Waals surface area contributed by atoms with Gasteiger partial charge in [-0.25, -0.2) is 9.97 Å². The Balaban J connectivity index is 1.95. The highest BCUT2D eigenvalue weighted by Gasteiger charge is 2.16. The van der Waals surface area contributed by atoms with Crippen LogP contribution in [0.15, 0.2) is 60.8 Å². The summed E-state index contributed by atoms with van der Waals surface area (Å²) in [6.07, 6.45) is 1.52. The van der Waals surface area contributed by atoms with Gasteiger partial charge in [0.15, 0.2) is 11.5 Å². The summed E-state index contributed by atoms with van der Waals surface area (Å²) >= 11 is 0. The monoisotopic (exact) mass is 303 g/mol. The molecular formula is C18H15N4O. The van der Waals surface area contributed by atoms with Crippen molar-refractivity contribution in [3.8, 4) is 11.3 Å². The summed E-state index contributed by atoms with van der Waals surface area (Å²) in [5.41, 5.74) is 11.0. The molecule has 23 heavy (non-hydrogen) atoms. The molecule has 0 saturated heterocycles. The molecule has 2 N–H and O–H groups in total. The number of nitrogens with one attached hydrogen (secondary N) is 2. The van der Waals surface area contributed by atoms with Crippen molar-refractivity contribution in [3.63, 3.8) is 0 Å². The molecule has 0 spiro atoms. The molecule has 0 aliphatic carbocycles. The zero-order chi connectivity index (χ0) is 16.2. The van der Waals surface area contributed by atoms with Crippen molar-refractivity contribution >= 4 is 17.4 Å². The molecule has 0 unspecified atom stereocenters. The Kier molecular flexibility index (Phi) is 4.01. The van der Waals surface area contributed by atoms with Gasteiger partial charge in [0, 0.05) is 11.3 Å². The summed E-state index contributed by atoms with van der Waals surface area (Å²) in [4.78, 5) is 20.7. The van der Waals surface area contributed by atoms with Gasteiger partial charge in [0.05, 0.1) is 11.9 Å². The average molecular weight is 303 g/mol. The lowest BCUT2D eigenvalue weighted by Crippen LogP contribution is -2.15. The van der Waals surface area contributed by atoms with E-state index in [1.807, 2.05) is 49.4 Å². The van der Waals surface area contributed by atoms with E-state index in [0.717, 1.165) is 11.1 Å². The van der Waals surface area contributed by atoms with Crippen LogP contribution in [0.4, 0.5) is 11.5 Å². The minimum absolute atomic E-state index is 0.00889. The largest absolute Gasteiger partial charge is 0.321 e. The topological polar surface area (TPSA) is 78.7 Å². The van der Waals surface area contributed by atoms with Crippen LogP contribution in [0, 0.1) is 6.92 Å². The minimum Gasteiger partial charge on any atom is -0.321 e. The highest BCUT2D eigenvalue weighted by Crippen LogP contribution is 2.22. The number of nitrogens with zero attached hydrogens (tertiary/aromatic N) is 2. The molecule has 0 aliphatic rings. The summed E-state index contributed by atoms with van der Waals surface area (Å²) in [6.45, 7) is 1.97. The molecule has 1 radical (unpaired) electrons. The van der Waals surface area contributed by atoms with E-state index in [-0.39, 0.29) is 11.5 Å². The molecule has 3 aromatic rings. The molecule has 5 nitrogen and oxygen atoms in total. The summed E-state index contributed by atoms with van der Waals surface area (Å²) in [7, 11) is 0. The van der Waals surface area contributed by atoms with Gasteiger partial charge in [-0.15, -0.1) is 0 Å². The molecule has 1 amide bonds. The summed E-state index contributed by atoms with van der Waals surface area (Å²) < 4.78 is 0. The first-order valence-electron chi connectivity index (χ1n) is 7.16. The second-order valence-electron chi connectivity index (χ2n) is 5.09. The van der Waals surface area contributed by atoms with Gasteiger partial charge in [-0.3, -0.25) is 10.5 Å². The predicted octanol–water partition coefficient (Wildman–Crippen LogP) is 3.62. The molecule has 0 bridgehead atoms. The normalized spacial score (nSPS) is 10.3. The van der Waals surface area contributed by atoms with Crippen LogP contribution in [0.25, 0.3) is 11.3 Å². The maximum Gasteiger partial charge on any atom is 0.278 e. The molecule has 1 heterocycles. The zero-order valence-corrected chi connectivity index (χ0v) is 12.6. The Bertz CT molecular complexity index is 847. The lowest BCUT2D eigenvalue weighted by atomic mass is 10.1. The van der Waals surface area contributed by atoms with E-state index in [1.54, 1.807) is 12.1 Å². The van der Waals surface area contributed by atoms with Crippen LogP contribution < -0.4 is 11.1 Å². The van der Waals surface area contributed by atoms with Crippen molar-refractivity contribution in [1.82, 2.24) is 15.7 Å². The first-order valence-corrected chi connectivity index (χ1v) is 7.16. The van der Waals surface area contributed by atoms with Crippen LogP contribution in [0.5, 0.6) is 0 Å². The van der Waals surface area contributed by atoms with Gasteiger partial charge in [0.2, 0.25) is 0 Å². The third-order valence-electron chi connectivity index (χ3n) is 3.44. The molecule has 113 valence electrons. The van der Waals surface area contributed by atoms with Gasteiger partial charge >= 0.3 is 0 Å². The van der Waals surface area contributed by atoms with Crippen molar-refractivity contribution in [2.45, 2.75) is 6.92 Å². The Morgan fingerprint density at radius 1 is 1.04 bits per heavy atom. The van der Waals surface area contributed by atoms with Gasteiger partial charge < -0.3 is 5.32 Å². The lowest BCUT2D eigenvalue weighted by Gasteiger charge is -2.09. The van der Waals surface area contributed by atoms with Gasteiger partial charge in [-0.2, -0.15) is 0 Å². The minimum atomic E-state index is -0.441. The van der Waals surface area contributed by atoms with Crippen LogP contribution >= 0.6 is 0 Å². The summed E-state index contributed by atoms with van der Waals surface area (Å²) in [5.74, 6) is -0.583. The Hall–Kier alpha value is -3.21. The molecule has 3 rings (SSSR count). The lowest BCUT2D eigenvalue weighted by molar-refractivity contribution is 0.102. The number of hydrogen-bond donors (Lipinski definition) is 1. The SMILES string of the molecule is Cc1ccccc1-c1cnc([NH])c(C(=O)Nc2ccccc2)n1. The molecule has 1 aromatic heterocycles. The van der Waals surface area contributed by atoms with Crippen molar-refractivity contribution in [3.05, 3.63) is 72.1 Å². The van der Waals surface area contributed by atoms with Crippen molar-refractivity contribution in [1.29, 1.82) is 0 Å². The van der Waals surface area contributed by atoms with Crippen LogP contribution in [0.2, 0.25) is 0 Å². The van der Waals surface area contributed by atoms with Gasteiger partial charge in [0.25, 0.3) is 5.91 Å². The van der Waals surface area contributed by atoms with E-state index < -0.39 is 5.91 Å². The smallest absolute Gasteiger partial charge is 0.278 e. The van der Waals surface area contributed by atoms with E-state index in [0.29, 0.717) is 11.4 Å². The molecule has 2 aromatic carbocycles. The van der Waals surface area contributed by atoms with E-state index in [2.05, 4.69) is 15.3 Å². The van der Waals surface area contributed by atoms with Crippen molar-refractivity contribution in [2.24, 2.45) is 0 Å². The van der Waals surface area contributed by atoms with E-state index in [9.17, 15) is 4.79 Å². The molecule has 5 heteroatoms. The zero-order valence-electron chi connectivity index (χ0n) is 12.6. The summed E-state index contributed by atoms with van der Waals surface area (Å²) in [6, 6.07) is 16.8. The maximum atomic E-state index is 12.4. The molecule has 0 aliphatic heterocycles. The second-order valence-corrected chi connectivity index (χ2v) is 5.09. The standard InChI is InChI=1S/C18H15N4O/c1-12-7-5-6-10-14(12)15-11-20-17(19)16(22-15)18(23)21-13-8-3-2-4-9-13/h2-11,19H,1H3,(H,21,23). The first-order chi connectivity index (χ1) is 11.1. The predicted molar refractivity (Wildman–Crippen MR) is 89.4 cm³/mol. The fourth-order valence-electron chi connectivity index (χ4n) is 2.25. The number of anilines is 1. The van der Waals surface area contributed by atoms with Gasteiger partial charge in [-0.05, 0) is 24.6 Å². The van der Waals surface area contributed by atoms with Crippen LogP contribution in [-0.4, -0.2) is 15.9 Å². The van der Waals surface area contributed by atoms with Gasteiger partial charge in [0.1, 0.15) is 0 Å². The number of amides is 1. The van der Waals surface area contributed by atoms with E-state index in [1.165, 1.54) is 6.20 Å². The number of rotatable bonds is 3. The number of aryl methyl sites for hydroxylation is 1. The second kappa shape index (κ2) is 6.27. The summed E-state index contributed by atoms with van der Waals surface area (Å²) in [5, 5.41) is 2.73. The fraction of sp³-hybridized carbons (Fsp3) is 0.0556. The van der Waals surface area contributed by atoms with Crippen LogP contribution in [0.3, 0.4) is 0 Å². The maximum absolute atomic E-state index is 12.4. The highest BCUT2D eigenvalue weighted by molar-refractivity contribution is 6.05. The molecule has 0 atom stereocenters. The van der Waals surface area contributed by atoms with E-state index >= 15 is 0 Å². The number of carbonyl (C=O) groups excluding carboxylic acids is 1. The number of aromatic nitrogens is 2. The average Bonchev–Trinajstić information content (AvgIpc) is 2.57. The first kappa shape index (κ1) is 14.7. The Labute approximate surface area is 134 Å². The van der Waals surface area contributed by atoms with Gasteiger partial charge in [-0.1, -0.05) is 42.5 Å². The fourth-order valence-corrected chi connectivity index (χ4v) is 2.25. The quantitative estimate of drug-likeness (QED) is 0.802. The highest BCUT2D eigenvalue weighted by atomic mass is 16.1. The molecular weight excluding hydrogens is 288 g/mol. The molecule has 0 saturated carbocycles. The van der Waals surface area contributed by atoms with Crippen molar-refractivity contribution in [2.75, 3.05) is 5.32 Å². The van der Waals surface area contributed by atoms with Crippen LogP contribution in [0.1, 0.15) is 16.1 Å². The van der Waals surface area contributed by atoms with Crippen molar-refractivity contribution < 1.29 is 4.79 Å². The third-order valence-corrected chi connectivity index (χ3v) is 3.44. The Morgan fingerprint density at radius 2 is 1.74 bits per heavy atom. The van der Waals surface area contributed by atoms with Crippen LogP contribution in [-0.2, 0) is 0 Å². The number of benzene rings is 2. The molecule has 0 fully saturated rings. The van der Waals surface area contributed by atoms with E-state index in [4.69, 9.17) is 5.73 Å². The Morgan fingerprint density at radius 3 is 2.48 bits per heavy atom. The number of para-hydroxylation sites is 1. The third kappa shape index (κ3) is 3.18. The number of carbonyl (C=O) groups is 1. The number of hydrogen-bond acceptors (Lipinski definition) is 3.